The molecule has 0 amide bonds. The summed E-state index contributed by atoms with van der Waals surface area (Å²) >= 11 is 0. The Labute approximate surface area is 197 Å². The smallest absolute Gasteiger partial charge is 0.193 e. The molecular formula is C22H35IN4O3. The highest BCUT2D eigenvalue weighted by molar-refractivity contribution is 14.0. The summed E-state index contributed by atoms with van der Waals surface area (Å²) in [5.41, 5.74) is 1.19. The predicted molar refractivity (Wildman–Crippen MR) is 129 cm³/mol. The molecule has 3 aliphatic rings. The summed E-state index contributed by atoms with van der Waals surface area (Å²) < 4.78 is 17.5. The third kappa shape index (κ3) is 5.45. The number of benzene rings is 1. The van der Waals surface area contributed by atoms with E-state index >= 15 is 0 Å². The SMILES string of the molecule is CN=C(NCC1(OC)CCOCC1)N1CC2OCCN(Cc3ccccc3)C2C1.I. The lowest BCUT2D eigenvalue weighted by Gasteiger charge is -2.37. The van der Waals surface area contributed by atoms with E-state index in [9.17, 15) is 0 Å². The first-order valence-electron chi connectivity index (χ1n) is 10.7. The monoisotopic (exact) mass is 530 g/mol. The molecule has 8 heteroatoms. The van der Waals surface area contributed by atoms with Crippen LogP contribution in [0, 0.1) is 0 Å². The second-order valence-electron chi connectivity index (χ2n) is 8.24. The van der Waals surface area contributed by atoms with Gasteiger partial charge in [0.2, 0.25) is 0 Å². The van der Waals surface area contributed by atoms with E-state index in [4.69, 9.17) is 14.2 Å². The Morgan fingerprint density at radius 2 is 1.97 bits per heavy atom. The first-order valence-corrected chi connectivity index (χ1v) is 10.7. The van der Waals surface area contributed by atoms with E-state index in [0.717, 1.165) is 71.3 Å². The molecule has 30 heavy (non-hydrogen) atoms. The van der Waals surface area contributed by atoms with Crippen molar-refractivity contribution in [2.45, 2.75) is 37.1 Å². The van der Waals surface area contributed by atoms with Crippen LogP contribution >= 0.6 is 24.0 Å². The Bertz CT molecular complexity index is 684. The lowest BCUT2D eigenvalue weighted by Crippen LogP contribution is -2.52. The van der Waals surface area contributed by atoms with E-state index in [1.807, 2.05) is 7.05 Å². The van der Waals surface area contributed by atoms with Gasteiger partial charge in [0.1, 0.15) is 0 Å². The fourth-order valence-corrected chi connectivity index (χ4v) is 4.71. The Kier molecular flexibility index (Phi) is 8.76. The number of ether oxygens (including phenoxy) is 3. The van der Waals surface area contributed by atoms with Crippen molar-refractivity contribution in [2.75, 3.05) is 60.2 Å². The summed E-state index contributed by atoms with van der Waals surface area (Å²) in [5.74, 6) is 0.936. The third-order valence-electron chi connectivity index (χ3n) is 6.56. The van der Waals surface area contributed by atoms with Crippen molar-refractivity contribution in [3.63, 3.8) is 0 Å². The van der Waals surface area contributed by atoms with Gasteiger partial charge in [-0.05, 0) is 5.56 Å². The molecule has 3 fully saturated rings. The zero-order chi connectivity index (χ0) is 20.1. The molecule has 3 aliphatic heterocycles. The number of hydrogen-bond acceptors (Lipinski definition) is 5. The van der Waals surface area contributed by atoms with Crippen molar-refractivity contribution in [2.24, 2.45) is 4.99 Å². The average Bonchev–Trinajstić information content (AvgIpc) is 3.21. The van der Waals surface area contributed by atoms with Gasteiger partial charge in [-0.2, -0.15) is 0 Å². The molecule has 0 radical (unpaired) electrons. The molecule has 1 N–H and O–H groups in total. The number of halogens is 1. The van der Waals surface area contributed by atoms with E-state index in [1.165, 1.54) is 5.56 Å². The number of nitrogens with zero attached hydrogens (tertiary/aromatic N) is 3. The normalized spacial score (nSPS) is 26.7. The van der Waals surface area contributed by atoms with Gasteiger partial charge in [0, 0.05) is 72.9 Å². The minimum atomic E-state index is -0.170. The van der Waals surface area contributed by atoms with E-state index in [1.54, 1.807) is 7.11 Å². The summed E-state index contributed by atoms with van der Waals surface area (Å²) in [6.07, 6.45) is 2.05. The first kappa shape index (κ1) is 23.7. The number of fused-ring (bicyclic) bond motifs is 1. The zero-order valence-electron chi connectivity index (χ0n) is 18.1. The molecule has 1 aromatic rings. The Hall–Kier alpha value is -0.940. The van der Waals surface area contributed by atoms with Gasteiger partial charge in [-0.3, -0.25) is 9.89 Å². The number of aliphatic imine (C=N–C) groups is 1. The summed E-state index contributed by atoms with van der Waals surface area (Å²) in [6, 6.07) is 11.1. The lowest BCUT2D eigenvalue weighted by molar-refractivity contribution is -0.0857. The lowest BCUT2D eigenvalue weighted by atomic mass is 9.94. The van der Waals surface area contributed by atoms with Gasteiger partial charge < -0.3 is 24.4 Å². The number of methoxy groups -OCH3 is 1. The molecule has 2 unspecified atom stereocenters. The van der Waals surface area contributed by atoms with Crippen LogP contribution in [0.15, 0.2) is 35.3 Å². The summed E-state index contributed by atoms with van der Waals surface area (Å²) in [4.78, 5) is 9.45. The largest absolute Gasteiger partial charge is 0.381 e. The van der Waals surface area contributed by atoms with Crippen LogP contribution in [0.1, 0.15) is 18.4 Å². The van der Waals surface area contributed by atoms with Crippen LogP contribution in [0.4, 0.5) is 0 Å². The quantitative estimate of drug-likeness (QED) is 0.357. The van der Waals surface area contributed by atoms with Crippen LogP contribution in [0.5, 0.6) is 0 Å². The molecule has 3 saturated heterocycles. The van der Waals surface area contributed by atoms with Gasteiger partial charge >= 0.3 is 0 Å². The van der Waals surface area contributed by atoms with E-state index < -0.39 is 0 Å². The van der Waals surface area contributed by atoms with E-state index in [0.29, 0.717) is 6.04 Å². The highest BCUT2D eigenvalue weighted by Gasteiger charge is 2.41. The highest BCUT2D eigenvalue weighted by Crippen LogP contribution is 2.26. The molecule has 168 valence electrons. The molecule has 0 aliphatic carbocycles. The fraction of sp³-hybridized carbons (Fsp3) is 0.682. The number of likely N-dealkylation sites (tertiary alicyclic amines) is 1. The van der Waals surface area contributed by atoms with Crippen LogP contribution in [0.2, 0.25) is 0 Å². The van der Waals surface area contributed by atoms with Crippen LogP contribution < -0.4 is 5.32 Å². The van der Waals surface area contributed by atoms with Crippen molar-refractivity contribution in [3.8, 4) is 0 Å². The van der Waals surface area contributed by atoms with Crippen molar-refractivity contribution in [1.29, 1.82) is 0 Å². The van der Waals surface area contributed by atoms with Crippen LogP contribution in [-0.2, 0) is 20.8 Å². The third-order valence-corrected chi connectivity index (χ3v) is 6.56. The number of guanidine groups is 1. The van der Waals surface area contributed by atoms with Gasteiger partial charge in [-0.25, -0.2) is 0 Å². The molecule has 0 bridgehead atoms. The second kappa shape index (κ2) is 11.1. The standard InChI is InChI=1S/C22H34N4O3.HI/c1-23-21(24-17-22(27-2)8-11-28-12-9-22)26-15-19-20(16-26)29-13-10-25(19)14-18-6-4-3-5-7-18;/h3-7,19-20H,8-17H2,1-2H3,(H,23,24);1H. The van der Waals surface area contributed by atoms with Gasteiger partial charge in [0.05, 0.1) is 24.4 Å². The van der Waals surface area contributed by atoms with Gasteiger partial charge in [-0.15, -0.1) is 24.0 Å². The molecule has 7 nitrogen and oxygen atoms in total. The number of nitrogens with one attached hydrogen (secondary N) is 1. The maximum absolute atomic E-state index is 6.12. The summed E-state index contributed by atoms with van der Waals surface area (Å²) in [5, 5.41) is 3.57. The Morgan fingerprint density at radius 1 is 1.20 bits per heavy atom. The van der Waals surface area contributed by atoms with Gasteiger partial charge in [0.25, 0.3) is 0 Å². The van der Waals surface area contributed by atoms with Crippen LogP contribution in [0.25, 0.3) is 0 Å². The highest BCUT2D eigenvalue weighted by atomic mass is 127. The minimum Gasteiger partial charge on any atom is -0.381 e. The van der Waals surface area contributed by atoms with Crippen molar-refractivity contribution in [3.05, 3.63) is 35.9 Å². The molecule has 0 aromatic heterocycles. The fourth-order valence-electron chi connectivity index (χ4n) is 4.71. The molecular weight excluding hydrogens is 495 g/mol. The average molecular weight is 530 g/mol. The second-order valence-corrected chi connectivity index (χ2v) is 8.24. The summed E-state index contributed by atoms with van der Waals surface area (Å²) in [7, 11) is 3.66. The van der Waals surface area contributed by atoms with Crippen LogP contribution in [-0.4, -0.2) is 93.7 Å². The minimum absolute atomic E-state index is 0. The van der Waals surface area contributed by atoms with E-state index in [-0.39, 0.29) is 35.7 Å². The van der Waals surface area contributed by atoms with E-state index in [2.05, 4.69) is 50.4 Å². The predicted octanol–water partition coefficient (Wildman–Crippen LogP) is 1.96. The van der Waals surface area contributed by atoms with Crippen molar-refractivity contribution in [1.82, 2.24) is 15.1 Å². The van der Waals surface area contributed by atoms with Crippen molar-refractivity contribution < 1.29 is 14.2 Å². The molecule has 0 spiro atoms. The molecule has 0 saturated carbocycles. The molecule has 3 heterocycles. The topological polar surface area (TPSA) is 58.6 Å². The van der Waals surface area contributed by atoms with Gasteiger partial charge in [-0.1, -0.05) is 30.3 Å². The number of rotatable bonds is 5. The Balaban J connectivity index is 0.00000256. The molecule has 4 rings (SSSR count). The first-order chi connectivity index (χ1) is 14.2. The van der Waals surface area contributed by atoms with Crippen LogP contribution in [0.3, 0.4) is 0 Å². The molecule has 1 aromatic carbocycles. The maximum Gasteiger partial charge on any atom is 0.193 e. The maximum atomic E-state index is 6.12. The molecule has 2 atom stereocenters. The summed E-state index contributed by atoms with van der Waals surface area (Å²) in [6.45, 7) is 6.80. The van der Waals surface area contributed by atoms with Crippen molar-refractivity contribution >= 4 is 29.9 Å². The Morgan fingerprint density at radius 3 is 2.67 bits per heavy atom. The zero-order valence-corrected chi connectivity index (χ0v) is 20.4. The number of hydrogen-bond donors (Lipinski definition) is 1. The van der Waals surface area contributed by atoms with Gasteiger partial charge in [0.15, 0.2) is 5.96 Å². The number of morpholine rings is 1.